The van der Waals surface area contributed by atoms with E-state index in [-0.39, 0.29) is 22.5 Å². The first-order valence-electron chi connectivity index (χ1n) is 9.73. The largest absolute Gasteiger partial charge is 0.311 e. The van der Waals surface area contributed by atoms with Crippen LogP contribution in [0.3, 0.4) is 0 Å². The average Bonchev–Trinajstić information content (AvgIpc) is 3.05. The third kappa shape index (κ3) is 3.34. The maximum absolute atomic E-state index is 13.6. The molecule has 0 amide bonds. The summed E-state index contributed by atoms with van der Waals surface area (Å²) >= 11 is 0. The lowest BCUT2D eigenvalue weighted by Crippen LogP contribution is -2.20. The smallest absolute Gasteiger partial charge is 0.212 e. The molecular formula is C26H18N2O3. The fraction of sp³-hybridized carbons (Fsp3) is 0.0769. The van der Waals surface area contributed by atoms with Crippen molar-refractivity contribution < 1.29 is 14.4 Å². The Morgan fingerprint density at radius 1 is 0.871 bits per heavy atom. The van der Waals surface area contributed by atoms with Gasteiger partial charge in [0.05, 0.1) is 28.1 Å². The Hall–Kier alpha value is -4.30. The van der Waals surface area contributed by atoms with Gasteiger partial charge in [0.1, 0.15) is 6.07 Å². The molecule has 0 saturated carbocycles. The quantitative estimate of drug-likeness (QED) is 0.432. The van der Waals surface area contributed by atoms with Crippen molar-refractivity contribution in [2.75, 3.05) is 0 Å². The molecule has 0 radical (unpaired) electrons. The first-order valence-corrected chi connectivity index (χ1v) is 9.73. The van der Waals surface area contributed by atoms with Crippen molar-refractivity contribution in [3.63, 3.8) is 0 Å². The van der Waals surface area contributed by atoms with Crippen LogP contribution in [0.5, 0.6) is 0 Å². The van der Waals surface area contributed by atoms with Crippen molar-refractivity contribution in [3.8, 4) is 6.07 Å². The maximum Gasteiger partial charge on any atom is 0.212 e. The SMILES string of the molecule is CC(=O)C(C(C)=O)=C1C=C2C(=O)C(c3ccccc3)=C(c3ccccc3)N2C=C1C#N. The van der Waals surface area contributed by atoms with Gasteiger partial charge < -0.3 is 4.90 Å². The van der Waals surface area contributed by atoms with Crippen LogP contribution in [0.25, 0.3) is 11.3 Å². The van der Waals surface area contributed by atoms with Gasteiger partial charge in [-0.3, -0.25) is 14.4 Å². The zero-order chi connectivity index (χ0) is 22.1. The Morgan fingerprint density at radius 3 is 1.94 bits per heavy atom. The number of benzene rings is 2. The Kier molecular flexibility index (Phi) is 5.06. The summed E-state index contributed by atoms with van der Waals surface area (Å²) in [4.78, 5) is 39.5. The van der Waals surface area contributed by atoms with E-state index in [1.54, 1.807) is 4.90 Å². The lowest BCUT2D eigenvalue weighted by Gasteiger charge is -2.24. The minimum atomic E-state index is -0.445. The van der Waals surface area contributed by atoms with E-state index in [0.29, 0.717) is 17.0 Å². The molecule has 0 unspecified atom stereocenters. The zero-order valence-corrected chi connectivity index (χ0v) is 17.0. The van der Waals surface area contributed by atoms with E-state index in [4.69, 9.17) is 0 Å². The van der Waals surface area contributed by atoms with Crippen LogP contribution in [0, 0.1) is 11.3 Å². The fourth-order valence-corrected chi connectivity index (χ4v) is 3.94. The molecule has 0 N–H and O–H groups in total. The number of rotatable bonds is 4. The fourth-order valence-electron chi connectivity index (χ4n) is 3.94. The second-order valence-corrected chi connectivity index (χ2v) is 7.24. The standard InChI is InChI=1S/C26H18N2O3/c1-16(29)23(17(2)30)21-13-22-26(31)24(18-9-5-3-6-10-18)25(19-11-7-4-8-12-19)28(22)15-20(21)14-27/h3-13,15H,1-2H3. The van der Waals surface area contributed by atoms with Gasteiger partial charge in [0, 0.05) is 11.8 Å². The molecule has 0 fully saturated rings. The molecule has 2 aliphatic rings. The third-order valence-electron chi connectivity index (χ3n) is 5.23. The number of nitrogens with zero attached hydrogens (tertiary/aromatic N) is 2. The molecule has 0 aromatic heterocycles. The molecule has 2 aliphatic heterocycles. The predicted molar refractivity (Wildman–Crippen MR) is 117 cm³/mol. The molecule has 0 aliphatic carbocycles. The van der Waals surface area contributed by atoms with Crippen LogP contribution in [-0.2, 0) is 14.4 Å². The van der Waals surface area contributed by atoms with Crippen molar-refractivity contribution in [1.29, 1.82) is 5.26 Å². The van der Waals surface area contributed by atoms with Gasteiger partial charge in [-0.25, -0.2) is 0 Å². The van der Waals surface area contributed by atoms with Gasteiger partial charge in [0.15, 0.2) is 11.6 Å². The maximum atomic E-state index is 13.6. The predicted octanol–water partition coefficient (Wildman–Crippen LogP) is 4.22. The number of ketones is 3. The van der Waals surface area contributed by atoms with E-state index < -0.39 is 11.6 Å². The van der Waals surface area contributed by atoms with E-state index in [0.717, 1.165) is 11.1 Å². The summed E-state index contributed by atoms with van der Waals surface area (Å²) < 4.78 is 0. The molecule has 5 nitrogen and oxygen atoms in total. The molecule has 0 spiro atoms. The van der Waals surface area contributed by atoms with Gasteiger partial charge >= 0.3 is 0 Å². The number of carbonyl (C=O) groups is 3. The van der Waals surface area contributed by atoms with Crippen LogP contribution in [0.1, 0.15) is 25.0 Å². The molecule has 31 heavy (non-hydrogen) atoms. The molecule has 0 atom stereocenters. The highest BCUT2D eigenvalue weighted by atomic mass is 16.1. The Bertz CT molecular complexity index is 1270. The Labute approximate surface area is 179 Å². The molecule has 5 heteroatoms. The van der Waals surface area contributed by atoms with Gasteiger partial charge in [-0.15, -0.1) is 0 Å². The molecule has 0 saturated heterocycles. The van der Waals surface area contributed by atoms with Gasteiger partial charge in [0.2, 0.25) is 5.78 Å². The van der Waals surface area contributed by atoms with Crippen LogP contribution in [0.15, 0.2) is 95.4 Å². The topological polar surface area (TPSA) is 78.2 Å². The summed E-state index contributed by atoms with van der Waals surface area (Å²) in [5.41, 5.74) is 3.27. The molecule has 0 bridgehead atoms. The van der Waals surface area contributed by atoms with E-state index >= 15 is 0 Å². The van der Waals surface area contributed by atoms with E-state index in [2.05, 4.69) is 6.07 Å². The van der Waals surface area contributed by atoms with Crippen molar-refractivity contribution >= 4 is 28.6 Å². The summed E-state index contributed by atoms with van der Waals surface area (Å²) in [6, 6.07) is 20.8. The molecule has 4 rings (SSSR count). The molecular weight excluding hydrogens is 388 g/mol. The number of allylic oxidation sites excluding steroid dienone is 5. The molecule has 2 heterocycles. The number of carbonyl (C=O) groups excluding carboxylic acids is 3. The molecule has 150 valence electrons. The summed E-state index contributed by atoms with van der Waals surface area (Å²) in [7, 11) is 0. The lowest BCUT2D eigenvalue weighted by molar-refractivity contribution is -0.119. The van der Waals surface area contributed by atoms with Crippen LogP contribution in [0.4, 0.5) is 0 Å². The summed E-state index contributed by atoms with van der Waals surface area (Å²) in [6.45, 7) is 2.56. The van der Waals surface area contributed by atoms with E-state index in [1.165, 1.54) is 26.1 Å². The zero-order valence-electron chi connectivity index (χ0n) is 17.0. The summed E-state index contributed by atoms with van der Waals surface area (Å²) in [5, 5.41) is 9.77. The first kappa shape index (κ1) is 20.0. The minimum Gasteiger partial charge on any atom is -0.311 e. The summed E-state index contributed by atoms with van der Waals surface area (Å²) in [5.74, 6) is -1.12. The number of fused-ring (bicyclic) bond motifs is 1. The second kappa shape index (κ2) is 7.85. The van der Waals surface area contributed by atoms with Gasteiger partial charge in [-0.1, -0.05) is 60.7 Å². The second-order valence-electron chi connectivity index (χ2n) is 7.24. The van der Waals surface area contributed by atoms with Crippen LogP contribution in [-0.4, -0.2) is 22.2 Å². The Morgan fingerprint density at radius 2 is 1.42 bits per heavy atom. The number of hydrogen-bond acceptors (Lipinski definition) is 5. The normalized spacial score (nSPS) is 15.2. The van der Waals surface area contributed by atoms with Crippen molar-refractivity contribution in [2.24, 2.45) is 0 Å². The highest BCUT2D eigenvalue weighted by molar-refractivity contribution is 6.38. The lowest BCUT2D eigenvalue weighted by atomic mass is 9.92. The van der Waals surface area contributed by atoms with Gasteiger partial charge in [0.25, 0.3) is 0 Å². The van der Waals surface area contributed by atoms with Crippen LogP contribution < -0.4 is 0 Å². The highest BCUT2D eigenvalue weighted by Gasteiger charge is 2.38. The summed E-state index contributed by atoms with van der Waals surface area (Å²) in [6.07, 6.45) is 3.02. The van der Waals surface area contributed by atoms with Crippen molar-refractivity contribution in [2.45, 2.75) is 13.8 Å². The van der Waals surface area contributed by atoms with E-state index in [9.17, 15) is 19.6 Å². The number of nitriles is 1. The van der Waals surface area contributed by atoms with Gasteiger partial charge in [-0.05, 0) is 31.1 Å². The van der Waals surface area contributed by atoms with Crippen molar-refractivity contribution in [1.82, 2.24) is 4.90 Å². The molecule has 2 aromatic carbocycles. The van der Waals surface area contributed by atoms with Crippen molar-refractivity contribution in [3.05, 3.63) is 106 Å². The van der Waals surface area contributed by atoms with Crippen LogP contribution >= 0.6 is 0 Å². The average molecular weight is 406 g/mol. The Balaban J connectivity index is 2.02. The monoisotopic (exact) mass is 406 g/mol. The van der Waals surface area contributed by atoms with E-state index in [1.807, 2.05) is 60.7 Å². The number of hydrogen-bond donors (Lipinski definition) is 0. The minimum absolute atomic E-state index is 0.0813. The molecule has 2 aromatic rings. The van der Waals surface area contributed by atoms with Crippen LogP contribution in [0.2, 0.25) is 0 Å². The number of Topliss-reactive ketones (excluding diaryl/α,β-unsaturated/α-hetero) is 3. The highest BCUT2D eigenvalue weighted by Crippen LogP contribution is 2.44. The first-order chi connectivity index (χ1) is 14.9. The van der Waals surface area contributed by atoms with Gasteiger partial charge in [-0.2, -0.15) is 5.26 Å². The third-order valence-corrected chi connectivity index (χ3v) is 5.23.